The van der Waals surface area contributed by atoms with E-state index in [9.17, 15) is 18.8 Å². The van der Waals surface area contributed by atoms with Crippen molar-refractivity contribution >= 4 is 41.9 Å². The van der Waals surface area contributed by atoms with Gasteiger partial charge in [-0.05, 0) is 148 Å². The van der Waals surface area contributed by atoms with Crippen LogP contribution in [0.5, 0.6) is 0 Å². The van der Waals surface area contributed by atoms with Crippen LogP contribution in [-0.2, 0) is 17.9 Å². The minimum absolute atomic E-state index is 0.128. The molecule has 4 N–H and O–H groups in total. The largest absolute Gasteiger partial charge is 0.438 e. The lowest BCUT2D eigenvalue weighted by Crippen LogP contribution is -2.43. The number of carbonyl (C=O) groups is 1. The van der Waals surface area contributed by atoms with Gasteiger partial charge in [0.05, 0.1) is 23.5 Å². The van der Waals surface area contributed by atoms with Crippen LogP contribution in [0.3, 0.4) is 0 Å². The molecule has 14 nitrogen and oxygen atoms in total. The van der Waals surface area contributed by atoms with Crippen molar-refractivity contribution < 1.29 is 18.4 Å². The van der Waals surface area contributed by atoms with E-state index in [0.29, 0.717) is 76.3 Å². The van der Waals surface area contributed by atoms with Gasteiger partial charge in [0.1, 0.15) is 17.3 Å². The van der Waals surface area contributed by atoms with Crippen LogP contribution in [0, 0.1) is 11.7 Å². The molecular formula is C51H61FN9O5P. The number of halogens is 1. The summed E-state index contributed by atoms with van der Waals surface area (Å²) in [7, 11) is 3.67. The Morgan fingerprint density at radius 2 is 1.84 bits per heavy atom. The summed E-state index contributed by atoms with van der Waals surface area (Å²) in [6.45, 7) is 12.2. The predicted octanol–water partition coefficient (Wildman–Crippen LogP) is 8.93. The lowest BCUT2D eigenvalue weighted by molar-refractivity contribution is -0.0592. The number of imidazole rings is 1. The van der Waals surface area contributed by atoms with E-state index < -0.39 is 5.76 Å². The number of benzene rings is 3. The van der Waals surface area contributed by atoms with Crippen molar-refractivity contribution in [2.24, 2.45) is 23.7 Å². The summed E-state index contributed by atoms with van der Waals surface area (Å²) in [4.78, 5) is 48.7. The summed E-state index contributed by atoms with van der Waals surface area (Å²) in [5, 5.41) is 7.91. The molecule has 67 heavy (non-hydrogen) atoms. The zero-order valence-electron chi connectivity index (χ0n) is 39.4. The third-order valence-corrected chi connectivity index (χ3v) is 14.7. The van der Waals surface area contributed by atoms with Crippen molar-refractivity contribution in [2.45, 2.75) is 88.8 Å². The molecule has 3 atom stereocenters. The molecule has 0 spiro atoms. The summed E-state index contributed by atoms with van der Waals surface area (Å²) in [6.07, 6.45) is 9.69. The number of hydrogen-bond donors (Lipinski definition) is 3. The van der Waals surface area contributed by atoms with Gasteiger partial charge in [0.25, 0.3) is 5.91 Å². The van der Waals surface area contributed by atoms with E-state index in [2.05, 4.69) is 78.3 Å². The highest BCUT2D eigenvalue weighted by Crippen LogP contribution is 2.45. The number of ether oxygens (including phenoxy) is 1. The van der Waals surface area contributed by atoms with Crippen LogP contribution < -0.4 is 22.5 Å². The molecule has 1 amide bonds. The monoisotopic (exact) mass is 929 g/mol. The highest BCUT2D eigenvalue weighted by atomic mass is 31.1. The zero-order valence-corrected chi connectivity index (χ0v) is 40.3. The lowest BCUT2D eigenvalue weighted by Gasteiger charge is -2.35. The van der Waals surface area contributed by atoms with Crippen LogP contribution in [0.2, 0.25) is 0 Å². The number of aliphatic imine (C=N–C) groups is 1. The number of nitrogens with zero attached hydrogens (tertiary/aromatic N) is 6. The lowest BCUT2D eigenvalue weighted by atomic mass is 9.83. The van der Waals surface area contributed by atoms with E-state index in [1.807, 2.05) is 36.9 Å². The average Bonchev–Trinajstić information content (AvgIpc) is 4.17. The third-order valence-electron chi connectivity index (χ3n) is 13.7. The molecule has 3 unspecified atom stereocenters. The zero-order chi connectivity index (χ0) is 47.3. The molecule has 16 heteroatoms. The molecule has 3 aromatic heterocycles. The molecule has 3 aromatic carbocycles. The Kier molecular flexibility index (Phi) is 12.8. The van der Waals surface area contributed by atoms with Crippen molar-refractivity contribution in [1.82, 2.24) is 28.7 Å². The number of carbonyl (C=O) groups excluding carboxylic acids is 1. The van der Waals surface area contributed by atoms with Crippen LogP contribution in [0.25, 0.3) is 16.6 Å². The first kappa shape index (κ1) is 46.1. The summed E-state index contributed by atoms with van der Waals surface area (Å²) in [5.41, 5.74) is 14.3. The number of rotatable bonds is 10. The van der Waals surface area contributed by atoms with Gasteiger partial charge in [-0.3, -0.25) is 23.4 Å². The van der Waals surface area contributed by atoms with Crippen molar-refractivity contribution in [3.8, 4) is 5.69 Å². The number of aromatic nitrogens is 5. The maximum absolute atomic E-state index is 14.9. The van der Waals surface area contributed by atoms with E-state index in [1.54, 1.807) is 34.0 Å². The summed E-state index contributed by atoms with van der Waals surface area (Å²) in [5.74, 6) is 1.84. The minimum atomic E-state index is -0.450. The van der Waals surface area contributed by atoms with Crippen molar-refractivity contribution in [1.29, 1.82) is 0 Å². The van der Waals surface area contributed by atoms with Crippen LogP contribution in [-0.4, -0.2) is 86.2 Å². The van der Waals surface area contributed by atoms with Gasteiger partial charge in [0.15, 0.2) is 5.82 Å². The molecule has 2 aliphatic heterocycles. The number of fused-ring (bicyclic) bond motifs is 1. The smallest absolute Gasteiger partial charge is 0.402 e. The van der Waals surface area contributed by atoms with Gasteiger partial charge in [-0.25, -0.2) is 19.0 Å². The van der Waals surface area contributed by atoms with Crippen LogP contribution in [0.15, 0.2) is 103 Å². The Balaban J connectivity index is 0.000000494. The van der Waals surface area contributed by atoms with E-state index in [0.717, 1.165) is 61.5 Å². The molecule has 3 fully saturated rings. The maximum atomic E-state index is 14.9. The number of nitrogens with one attached hydrogen (secondary N) is 2. The van der Waals surface area contributed by atoms with E-state index in [4.69, 9.17) is 15.5 Å². The molecule has 5 heterocycles. The van der Waals surface area contributed by atoms with E-state index in [1.165, 1.54) is 21.8 Å². The first-order valence-corrected chi connectivity index (χ1v) is 25.7. The SMILES string of the molecule is CC1CC1c1noc(=O)[nH]1.CNc1cc(-n2ccn(C(=Nc3ccc(F)c(C4CC4)c3)C3=C(N)CCN(C(=O)c4cc5cc(C6CCOC(C)(C)C6)ccc5n4C)C3)c2=O)ccc1CP(C)C. The standard InChI is InChI=1S/C45H53FN7O3P.C6H8N2O2/c1-45(2)25-30(16-20-56-45)29-10-14-40-32(21-29)22-41(50(40)4)43(54)51-17-15-38(47)36(26-51)42(49-33-11-13-37(46)35(23-33)28-7-8-28)53-19-18-52(44(53)55)34-12-9-31(27-57(5)6)39(24-34)48-3;1-3-2-4(3)5-7-6(9)10-8-5/h9-14,18-19,21-24,28,30,48H,7-8,15-17,20,25-27,47H2,1-6H3;3-4H,2H2,1H3,(H,7,8,9). The number of anilines is 1. The first-order valence-electron chi connectivity index (χ1n) is 23.3. The molecule has 2 saturated carbocycles. The average molecular weight is 930 g/mol. The number of nitrogens with two attached hydrogens (primary N) is 1. The second kappa shape index (κ2) is 18.6. The Bertz CT molecular complexity index is 3020. The summed E-state index contributed by atoms with van der Waals surface area (Å²) in [6, 6.07) is 19.4. The van der Waals surface area contributed by atoms with Crippen LogP contribution >= 0.6 is 7.92 Å². The molecular weight excluding hydrogens is 869 g/mol. The van der Waals surface area contributed by atoms with Crippen LogP contribution in [0.4, 0.5) is 15.8 Å². The van der Waals surface area contributed by atoms with Gasteiger partial charge in [0.2, 0.25) is 0 Å². The quantitative estimate of drug-likeness (QED) is 0.0695. The fourth-order valence-electron chi connectivity index (χ4n) is 9.63. The third kappa shape index (κ3) is 9.85. The molecule has 0 bridgehead atoms. The number of aryl methyl sites for hydroxylation is 1. The number of H-pyrrole nitrogens is 1. The minimum Gasteiger partial charge on any atom is -0.402 e. The van der Waals surface area contributed by atoms with Gasteiger partial charge in [-0.15, -0.1) is 7.92 Å². The Morgan fingerprint density at radius 1 is 1.04 bits per heavy atom. The second-order valence-corrected chi connectivity index (χ2v) is 22.0. The maximum Gasteiger partial charge on any atom is 0.438 e. The molecule has 0 radical (unpaired) electrons. The molecule has 1 saturated heterocycles. The highest BCUT2D eigenvalue weighted by molar-refractivity contribution is 7.55. The Morgan fingerprint density at radius 3 is 2.52 bits per heavy atom. The summed E-state index contributed by atoms with van der Waals surface area (Å²) >= 11 is 0. The Hall–Kier alpha value is -6.05. The van der Waals surface area contributed by atoms with Crippen molar-refractivity contribution in [3.05, 3.63) is 139 Å². The fraction of sp³-hybridized carbons (Fsp3) is 0.431. The number of hydrogen-bond acceptors (Lipinski definition) is 9. The molecule has 10 rings (SSSR count). The van der Waals surface area contributed by atoms with Crippen molar-refractivity contribution in [3.63, 3.8) is 0 Å². The summed E-state index contributed by atoms with van der Waals surface area (Å²) < 4.78 is 30.3. The van der Waals surface area contributed by atoms with Gasteiger partial charge >= 0.3 is 11.4 Å². The molecule has 2 aliphatic carbocycles. The second-order valence-electron chi connectivity index (χ2n) is 19.6. The topological polar surface area (TPSA) is 171 Å². The van der Waals surface area contributed by atoms with Crippen LogP contribution in [0.1, 0.15) is 110 Å². The molecule has 6 aromatic rings. The van der Waals surface area contributed by atoms with Gasteiger partial charge < -0.3 is 25.3 Å². The molecule has 4 aliphatic rings. The normalized spacial score (nSPS) is 20.6. The van der Waals surface area contributed by atoms with Gasteiger partial charge in [-0.1, -0.05) is 24.2 Å². The van der Waals surface area contributed by atoms with E-state index >= 15 is 0 Å². The van der Waals surface area contributed by atoms with E-state index in [-0.39, 0.29) is 43.4 Å². The van der Waals surface area contributed by atoms with Gasteiger partial charge in [0, 0.05) is 79.8 Å². The van der Waals surface area contributed by atoms with Crippen molar-refractivity contribution in [2.75, 3.05) is 45.4 Å². The molecule has 352 valence electrons. The number of amides is 1. The predicted molar refractivity (Wildman–Crippen MR) is 263 cm³/mol. The van der Waals surface area contributed by atoms with Gasteiger partial charge in [-0.2, -0.15) is 0 Å². The fourth-order valence-corrected chi connectivity index (χ4v) is 10.6. The Labute approximate surface area is 390 Å². The highest BCUT2D eigenvalue weighted by Gasteiger charge is 2.37. The number of aromatic amines is 1. The first-order chi connectivity index (χ1) is 32.1.